The van der Waals surface area contributed by atoms with Crippen molar-refractivity contribution in [2.24, 2.45) is 11.8 Å². The molecule has 1 rings (SSSR count). The fraction of sp³-hybridized carbons (Fsp3) is 0.714. The Bertz CT molecular complexity index is 97.1. The Balaban J connectivity index is 2.12. The van der Waals surface area contributed by atoms with E-state index in [1.807, 2.05) is 6.08 Å². The van der Waals surface area contributed by atoms with Crippen LogP contribution in [0.15, 0.2) is 12.7 Å². The highest BCUT2D eigenvalue weighted by Crippen LogP contribution is 2.33. The molecule has 0 saturated heterocycles. The Hall–Kier alpha value is -0.340. The van der Waals surface area contributed by atoms with Crippen LogP contribution in [-0.4, -0.2) is 6.04 Å². The van der Waals surface area contributed by atoms with E-state index in [0.29, 0.717) is 6.04 Å². The van der Waals surface area contributed by atoms with Crippen molar-refractivity contribution in [1.29, 1.82) is 0 Å². The summed E-state index contributed by atoms with van der Waals surface area (Å²) in [5.74, 6) is 6.16. The Morgan fingerprint density at radius 3 is 2.78 bits per heavy atom. The van der Waals surface area contributed by atoms with Gasteiger partial charge in [-0.25, -0.2) is 0 Å². The molecule has 0 heterocycles. The molecule has 1 atom stereocenters. The van der Waals surface area contributed by atoms with Crippen LogP contribution in [0, 0.1) is 5.92 Å². The maximum Gasteiger partial charge on any atom is 0.0390 e. The lowest BCUT2D eigenvalue weighted by molar-refractivity contribution is 0.543. The summed E-state index contributed by atoms with van der Waals surface area (Å²) < 4.78 is 0. The highest BCUT2D eigenvalue weighted by atomic mass is 15.2. The molecule has 0 bridgehead atoms. The second-order valence-corrected chi connectivity index (χ2v) is 2.69. The summed E-state index contributed by atoms with van der Waals surface area (Å²) >= 11 is 0. The van der Waals surface area contributed by atoms with Gasteiger partial charge in [-0.15, -0.1) is 6.58 Å². The van der Waals surface area contributed by atoms with Crippen LogP contribution >= 0.6 is 0 Å². The maximum absolute atomic E-state index is 5.24. The first kappa shape index (κ1) is 6.78. The molecule has 0 amide bonds. The molecule has 2 heteroatoms. The fourth-order valence-corrected chi connectivity index (χ4v) is 0.945. The van der Waals surface area contributed by atoms with Crippen molar-refractivity contribution in [2.75, 3.05) is 0 Å². The zero-order chi connectivity index (χ0) is 6.69. The largest absolute Gasteiger partial charge is 0.271 e. The van der Waals surface area contributed by atoms with Gasteiger partial charge in [0.05, 0.1) is 0 Å². The van der Waals surface area contributed by atoms with Crippen LogP contribution < -0.4 is 11.3 Å². The van der Waals surface area contributed by atoms with Crippen LogP contribution in [0.4, 0.5) is 0 Å². The molecule has 0 aromatic rings. The smallest absolute Gasteiger partial charge is 0.0390 e. The van der Waals surface area contributed by atoms with E-state index in [1.54, 1.807) is 0 Å². The molecule has 52 valence electrons. The van der Waals surface area contributed by atoms with Gasteiger partial charge in [0.2, 0.25) is 0 Å². The third-order valence-electron chi connectivity index (χ3n) is 1.78. The Morgan fingerprint density at radius 1 is 1.78 bits per heavy atom. The van der Waals surface area contributed by atoms with Crippen LogP contribution in [0.25, 0.3) is 0 Å². The summed E-state index contributed by atoms with van der Waals surface area (Å²) in [6.45, 7) is 3.67. The lowest BCUT2D eigenvalue weighted by atomic mass is 10.1. The van der Waals surface area contributed by atoms with E-state index in [1.165, 1.54) is 19.3 Å². The zero-order valence-electron chi connectivity index (χ0n) is 5.64. The van der Waals surface area contributed by atoms with Gasteiger partial charge in [0.25, 0.3) is 0 Å². The topological polar surface area (TPSA) is 38.0 Å². The molecule has 3 N–H and O–H groups in total. The van der Waals surface area contributed by atoms with Crippen LogP contribution in [0.3, 0.4) is 0 Å². The Morgan fingerprint density at radius 2 is 2.44 bits per heavy atom. The molecule has 0 aromatic carbocycles. The van der Waals surface area contributed by atoms with Gasteiger partial charge in [-0.1, -0.05) is 18.9 Å². The molecule has 0 aromatic heterocycles. The highest BCUT2D eigenvalue weighted by Gasteiger charge is 2.23. The van der Waals surface area contributed by atoms with Crippen LogP contribution in [-0.2, 0) is 0 Å². The van der Waals surface area contributed by atoms with Crippen molar-refractivity contribution in [3.05, 3.63) is 12.7 Å². The number of nitrogens with one attached hydrogen (secondary N) is 1. The molecule has 1 saturated carbocycles. The van der Waals surface area contributed by atoms with Crippen molar-refractivity contribution in [3.63, 3.8) is 0 Å². The van der Waals surface area contributed by atoms with Gasteiger partial charge in [-0.3, -0.25) is 11.3 Å². The van der Waals surface area contributed by atoms with Crippen LogP contribution in [0.5, 0.6) is 0 Å². The van der Waals surface area contributed by atoms with Gasteiger partial charge in [-0.05, 0) is 12.3 Å². The van der Waals surface area contributed by atoms with Crippen LogP contribution in [0.2, 0.25) is 0 Å². The molecule has 9 heavy (non-hydrogen) atoms. The maximum atomic E-state index is 5.24. The van der Waals surface area contributed by atoms with E-state index < -0.39 is 0 Å². The molecule has 1 fully saturated rings. The van der Waals surface area contributed by atoms with Gasteiger partial charge in [0, 0.05) is 6.04 Å². The standard InChI is InChI=1S/C7H14N2/c1-2-7(9-8)5-6-3-4-6/h2,6-7,9H,1,3-5,8H2. The Labute approximate surface area is 56.1 Å². The minimum absolute atomic E-state index is 0.331. The van der Waals surface area contributed by atoms with Crippen molar-refractivity contribution in [2.45, 2.75) is 25.3 Å². The number of hydrogen-bond donors (Lipinski definition) is 2. The average molecular weight is 126 g/mol. The van der Waals surface area contributed by atoms with E-state index in [9.17, 15) is 0 Å². The molecule has 1 aliphatic carbocycles. The predicted molar refractivity (Wildman–Crippen MR) is 38.6 cm³/mol. The van der Waals surface area contributed by atoms with Gasteiger partial charge in [0.1, 0.15) is 0 Å². The lowest BCUT2D eigenvalue weighted by Gasteiger charge is -2.08. The summed E-state index contributed by atoms with van der Waals surface area (Å²) in [5.41, 5.74) is 2.70. The number of rotatable bonds is 4. The highest BCUT2D eigenvalue weighted by molar-refractivity contribution is 4.89. The van der Waals surface area contributed by atoms with Crippen molar-refractivity contribution in [3.8, 4) is 0 Å². The first-order valence-corrected chi connectivity index (χ1v) is 3.45. The van der Waals surface area contributed by atoms with Gasteiger partial charge >= 0.3 is 0 Å². The molecule has 1 unspecified atom stereocenters. The van der Waals surface area contributed by atoms with Crippen molar-refractivity contribution >= 4 is 0 Å². The summed E-state index contributed by atoms with van der Waals surface area (Å²) in [5, 5.41) is 0. The van der Waals surface area contributed by atoms with Gasteiger partial charge < -0.3 is 0 Å². The zero-order valence-corrected chi connectivity index (χ0v) is 5.64. The third-order valence-corrected chi connectivity index (χ3v) is 1.78. The quantitative estimate of drug-likeness (QED) is 0.332. The fourth-order valence-electron chi connectivity index (χ4n) is 0.945. The van der Waals surface area contributed by atoms with Crippen molar-refractivity contribution < 1.29 is 0 Å². The van der Waals surface area contributed by atoms with E-state index in [2.05, 4.69) is 12.0 Å². The molecular weight excluding hydrogens is 112 g/mol. The van der Waals surface area contributed by atoms with Gasteiger partial charge in [-0.2, -0.15) is 0 Å². The van der Waals surface area contributed by atoms with Crippen LogP contribution in [0.1, 0.15) is 19.3 Å². The summed E-state index contributed by atoms with van der Waals surface area (Å²) in [6, 6.07) is 0.331. The SMILES string of the molecule is C=CC(CC1CC1)NN. The Kier molecular flexibility index (Phi) is 2.25. The number of nitrogens with two attached hydrogens (primary N) is 1. The molecule has 0 spiro atoms. The number of hydrogen-bond acceptors (Lipinski definition) is 2. The van der Waals surface area contributed by atoms with E-state index in [4.69, 9.17) is 5.84 Å². The third kappa shape index (κ3) is 2.16. The average Bonchev–Trinajstić information content (AvgIpc) is 2.66. The normalized spacial score (nSPS) is 21.4. The summed E-state index contributed by atoms with van der Waals surface area (Å²) in [6.07, 6.45) is 5.80. The molecule has 1 aliphatic rings. The van der Waals surface area contributed by atoms with E-state index in [0.717, 1.165) is 5.92 Å². The molecular formula is C7H14N2. The minimum atomic E-state index is 0.331. The first-order chi connectivity index (χ1) is 4.36. The molecule has 0 radical (unpaired) electrons. The van der Waals surface area contributed by atoms with Gasteiger partial charge in [0.15, 0.2) is 0 Å². The molecule has 2 nitrogen and oxygen atoms in total. The molecule has 0 aliphatic heterocycles. The first-order valence-electron chi connectivity index (χ1n) is 3.45. The minimum Gasteiger partial charge on any atom is -0.271 e. The second-order valence-electron chi connectivity index (χ2n) is 2.69. The van der Waals surface area contributed by atoms with Crippen molar-refractivity contribution in [1.82, 2.24) is 5.43 Å². The summed E-state index contributed by atoms with van der Waals surface area (Å²) in [7, 11) is 0. The number of hydrazine groups is 1. The summed E-state index contributed by atoms with van der Waals surface area (Å²) in [4.78, 5) is 0. The van der Waals surface area contributed by atoms with E-state index in [-0.39, 0.29) is 0 Å². The monoisotopic (exact) mass is 126 g/mol. The lowest BCUT2D eigenvalue weighted by Crippen LogP contribution is -2.33. The predicted octanol–water partition coefficient (Wildman–Crippen LogP) is 0.804. The van der Waals surface area contributed by atoms with E-state index >= 15 is 0 Å². The second kappa shape index (κ2) is 2.99.